The summed E-state index contributed by atoms with van der Waals surface area (Å²) in [5.74, 6) is -0.264. The molecule has 0 atom stereocenters. The summed E-state index contributed by atoms with van der Waals surface area (Å²) in [7, 11) is 0. The van der Waals surface area contributed by atoms with Crippen molar-refractivity contribution in [2.45, 2.75) is 0 Å². The molecule has 0 saturated heterocycles. The fourth-order valence-corrected chi connectivity index (χ4v) is 3.14. The summed E-state index contributed by atoms with van der Waals surface area (Å²) in [4.78, 5) is 20.8. The molecule has 2 aromatic heterocycles. The van der Waals surface area contributed by atoms with Crippen molar-refractivity contribution in [3.05, 3.63) is 96.6 Å². The van der Waals surface area contributed by atoms with Crippen LogP contribution in [0.2, 0.25) is 0 Å². The monoisotopic (exact) mass is 426 g/mol. The normalized spacial score (nSPS) is 10.8. The molecule has 0 unspecified atom stereocenters. The van der Waals surface area contributed by atoms with Crippen LogP contribution in [-0.2, 0) is 0 Å². The Hall–Kier alpha value is -4.59. The van der Waals surface area contributed by atoms with Gasteiger partial charge in [-0.15, -0.1) is 0 Å². The molecule has 1 N–H and O–H groups in total. The highest BCUT2D eigenvalue weighted by molar-refractivity contribution is 6.07. The lowest BCUT2D eigenvalue weighted by molar-refractivity contribution is 0.102. The van der Waals surface area contributed by atoms with E-state index in [1.54, 1.807) is 30.3 Å². The first-order chi connectivity index (χ1) is 15.7. The summed E-state index contributed by atoms with van der Waals surface area (Å²) in [6, 6.07) is 20.6. The first-order valence-electron chi connectivity index (χ1n) is 9.68. The fraction of sp³-hybridized carbons (Fsp3) is 0. The Morgan fingerprint density at radius 2 is 1.69 bits per heavy atom. The minimum Gasteiger partial charge on any atom is -0.421 e. The van der Waals surface area contributed by atoms with Gasteiger partial charge in [-0.25, -0.2) is 14.4 Å². The molecule has 0 saturated carbocycles. The standard InChI is InChI=1S/C24H15FN4O3/c25-19-8-4-5-9-21(19)31-24-26-13-17(14-27-24)28-23(30)16-10-11-20-18(12-16)22(32-29-20)15-6-2-1-3-7-15/h1-14H,(H,28,30). The van der Waals surface area contributed by atoms with Gasteiger partial charge >= 0.3 is 6.01 Å². The van der Waals surface area contributed by atoms with Crippen molar-refractivity contribution in [3.8, 4) is 23.1 Å². The third-order valence-electron chi connectivity index (χ3n) is 4.70. The second-order valence-corrected chi connectivity index (χ2v) is 6.85. The Kier molecular flexibility index (Phi) is 5.01. The average molecular weight is 426 g/mol. The molecular formula is C24H15FN4O3. The molecule has 0 fully saturated rings. The smallest absolute Gasteiger partial charge is 0.322 e. The fourth-order valence-electron chi connectivity index (χ4n) is 3.14. The quantitative estimate of drug-likeness (QED) is 0.401. The predicted molar refractivity (Wildman–Crippen MR) is 116 cm³/mol. The van der Waals surface area contributed by atoms with Crippen LogP contribution < -0.4 is 10.1 Å². The van der Waals surface area contributed by atoms with Crippen molar-refractivity contribution in [3.63, 3.8) is 0 Å². The number of para-hydroxylation sites is 1. The highest BCUT2D eigenvalue weighted by Gasteiger charge is 2.14. The summed E-state index contributed by atoms with van der Waals surface area (Å²) in [6.07, 6.45) is 2.77. The second-order valence-electron chi connectivity index (χ2n) is 6.85. The van der Waals surface area contributed by atoms with Crippen LogP contribution in [-0.4, -0.2) is 21.0 Å². The van der Waals surface area contributed by atoms with E-state index >= 15 is 0 Å². The number of nitrogens with zero attached hydrogens (tertiary/aromatic N) is 3. The Bertz CT molecular complexity index is 1400. The molecule has 0 spiro atoms. The van der Waals surface area contributed by atoms with Gasteiger partial charge in [-0.2, -0.15) is 0 Å². The Morgan fingerprint density at radius 3 is 2.47 bits per heavy atom. The predicted octanol–water partition coefficient (Wildman–Crippen LogP) is 5.47. The van der Waals surface area contributed by atoms with E-state index in [9.17, 15) is 9.18 Å². The van der Waals surface area contributed by atoms with Gasteiger partial charge < -0.3 is 14.6 Å². The number of hydrogen-bond donors (Lipinski definition) is 1. The van der Waals surface area contributed by atoms with Gasteiger partial charge in [-0.3, -0.25) is 4.79 Å². The van der Waals surface area contributed by atoms with Crippen LogP contribution in [0, 0.1) is 5.82 Å². The minimum absolute atomic E-state index is 0.0144. The van der Waals surface area contributed by atoms with Crippen molar-refractivity contribution in [2.75, 3.05) is 5.32 Å². The third kappa shape index (κ3) is 3.89. The number of ether oxygens (including phenoxy) is 1. The molecule has 32 heavy (non-hydrogen) atoms. The van der Waals surface area contributed by atoms with Gasteiger partial charge in [0.1, 0.15) is 5.52 Å². The van der Waals surface area contributed by atoms with Crippen LogP contribution in [0.3, 0.4) is 0 Å². The maximum Gasteiger partial charge on any atom is 0.322 e. The summed E-state index contributed by atoms with van der Waals surface area (Å²) in [5, 5.41) is 7.52. The zero-order valence-electron chi connectivity index (χ0n) is 16.5. The van der Waals surface area contributed by atoms with Crippen LogP contribution in [0.25, 0.3) is 22.2 Å². The minimum atomic E-state index is -0.521. The van der Waals surface area contributed by atoms with E-state index in [4.69, 9.17) is 9.26 Å². The zero-order valence-corrected chi connectivity index (χ0v) is 16.5. The highest BCUT2D eigenvalue weighted by Crippen LogP contribution is 2.29. The third-order valence-corrected chi connectivity index (χ3v) is 4.70. The van der Waals surface area contributed by atoms with E-state index in [0.29, 0.717) is 22.5 Å². The molecule has 2 heterocycles. The maximum absolute atomic E-state index is 13.7. The van der Waals surface area contributed by atoms with Crippen LogP contribution in [0.5, 0.6) is 11.8 Å². The van der Waals surface area contributed by atoms with Crippen molar-refractivity contribution in [1.82, 2.24) is 15.1 Å². The Balaban J connectivity index is 1.34. The number of anilines is 1. The molecule has 0 aliphatic carbocycles. The number of hydrogen-bond acceptors (Lipinski definition) is 6. The summed E-state index contributed by atoms with van der Waals surface area (Å²) in [6.45, 7) is 0. The van der Waals surface area contributed by atoms with Gasteiger partial charge in [0.25, 0.3) is 5.91 Å². The van der Waals surface area contributed by atoms with E-state index in [1.807, 2.05) is 30.3 Å². The molecule has 0 radical (unpaired) electrons. The molecule has 7 nitrogen and oxygen atoms in total. The Labute approximate surface area is 181 Å². The molecule has 156 valence electrons. The molecule has 0 bridgehead atoms. The van der Waals surface area contributed by atoms with Crippen LogP contribution in [0.1, 0.15) is 10.4 Å². The molecule has 0 aliphatic rings. The second kappa shape index (κ2) is 8.27. The summed E-state index contributed by atoms with van der Waals surface area (Å²) in [5.41, 5.74) is 2.30. The number of aromatic nitrogens is 3. The van der Waals surface area contributed by atoms with Gasteiger partial charge in [0, 0.05) is 11.1 Å². The first kappa shape index (κ1) is 19.4. The SMILES string of the molecule is O=C(Nc1cnc(Oc2ccccc2F)nc1)c1ccc2noc(-c3ccccc3)c2c1. The van der Waals surface area contributed by atoms with Crippen molar-refractivity contribution < 1.29 is 18.4 Å². The summed E-state index contributed by atoms with van der Waals surface area (Å²) >= 11 is 0. The maximum atomic E-state index is 13.7. The van der Waals surface area contributed by atoms with Crippen molar-refractivity contribution in [1.29, 1.82) is 0 Å². The topological polar surface area (TPSA) is 90.1 Å². The number of carbonyl (C=O) groups is 1. The van der Waals surface area contributed by atoms with E-state index in [1.165, 1.54) is 24.5 Å². The van der Waals surface area contributed by atoms with Crippen molar-refractivity contribution in [2.24, 2.45) is 0 Å². The molecule has 8 heteroatoms. The van der Waals surface area contributed by atoms with E-state index in [2.05, 4.69) is 20.4 Å². The van der Waals surface area contributed by atoms with Crippen LogP contribution in [0.4, 0.5) is 10.1 Å². The molecular weight excluding hydrogens is 411 g/mol. The number of rotatable bonds is 5. The highest BCUT2D eigenvalue weighted by atomic mass is 19.1. The van der Waals surface area contributed by atoms with Gasteiger partial charge in [0.2, 0.25) is 0 Å². The first-order valence-corrected chi connectivity index (χ1v) is 9.68. The number of fused-ring (bicyclic) bond motifs is 1. The lowest BCUT2D eigenvalue weighted by Crippen LogP contribution is -2.12. The molecule has 3 aromatic carbocycles. The Morgan fingerprint density at radius 1 is 0.938 bits per heavy atom. The number of halogens is 1. The number of carbonyl (C=O) groups excluding carboxylic acids is 1. The number of nitrogens with one attached hydrogen (secondary N) is 1. The van der Waals surface area contributed by atoms with Gasteiger partial charge in [0.05, 0.1) is 23.5 Å². The molecule has 5 rings (SSSR count). The largest absolute Gasteiger partial charge is 0.421 e. The van der Waals surface area contributed by atoms with Crippen molar-refractivity contribution >= 4 is 22.5 Å². The van der Waals surface area contributed by atoms with E-state index in [0.717, 1.165) is 10.9 Å². The molecule has 5 aromatic rings. The van der Waals surface area contributed by atoms with Crippen LogP contribution >= 0.6 is 0 Å². The number of benzene rings is 3. The van der Waals surface area contributed by atoms with Gasteiger partial charge in [0.15, 0.2) is 17.3 Å². The zero-order chi connectivity index (χ0) is 21.9. The van der Waals surface area contributed by atoms with E-state index < -0.39 is 5.82 Å². The average Bonchev–Trinajstić information content (AvgIpc) is 3.26. The number of amides is 1. The van der Waals surface area contributed by atoms with Gasteiger partial charge in [-0.05, 0) is 30.3 Å². The summed E-state index contributed by atoms with van der Waals surface area (Å²) < 4.78 is 24.5. The van der Waals surface area contributed by atoms with E-state index in [-0.39, 0.29) is 17.7 Å². The van der Waals surface area contributed by atoms with Crippen LogP contribution in [0.15, 0.2) is 89.7 Å². The molecule has 0 aliphatic heterocycles. The lowest BCUT2D eigenvalue weighted by Gasteiger charge is -2.07. The van der Waals surface area contributed by atoms with Gasteiger partial charge in [-0.1, -0.05) is 47.6 Å². The lowest BCUT2D eigenvalue weighted by atomic mass is 10.1. The molecule has 1 amide bonds.